The van der Waals surface area contributed by atoms with Crippen LogP contribution in [0.25, 0.3) is 10.4 Å². The molecule has 0 unspecified atom stereocenters. The Hall–Kier alpha value is -1.89. The minimum absolute atomic E-state index is 0.259. The van der Waals surface area contributed by atoms with Gasteiger partial charge < -0.3 is 9.64 Å². The summed E-state index contributed by atoms with van der Waals surface area (Å²) in [6, 6.07) is 3.89. The summed E-state index contributed by atoms with van der Waals surface area (Å²) in [6.45, 7) is 11.0. The second-order valence-electron chi connectivity index (χ2n) is 7.19. The molecule has 136 valence electrons. The lowest BCUT2D eigenvalue weighted by Crippen LogP contribution is -2.49. The molecule has 1 fully saturated rings. The number of carbonyl (C=O) groups excluding carboxylic acids is 1. The van der Waals surface area contributed by atoms with Crippen molar-refractivity contribution in [2.24, 2.45) is 5.11 Å². The molecule has 0 N–H and O–H groups in total. The monoisotopic (exact) mass is 363 g/mol. The number of thiol groups is 1. The fraction of sp³-hybridized carbons (Fsp3) is 0.588. The summed E-state index contributed by atoms with van der Waals surface area (Å²) in [6.07, 6.45) is -0.259. The molecular weight excluding hydrogens is 338 g/mol. The zero-order chi connectivity index (χ0) is 18.6. The molecule has 0 aromatic heterocycles. The molecule has 0 bridgehead atoms. The normalized spacial score (nSPS) is 15.6. The predicted octanol–water partition coefficient (Wildman–Crippen LogP) is 4.28. The highest BCUT2D eigenvalue weighted by molar-refractivity contribution is 7.80. The van der Waals surface area contributed by atoms with Crippen molar-refractivity contribution in [3.8, 4) is 0 Å². The lowest BCUT2D eigenvalue weighted by Gasteiger charge is -2.35. The second kappa shape index (κ2) is 7.99. The number of benzene rings is 1. The first-order valence-corrected chi connectivity index (χ1v) is 8.72. The Balaban J connectivity index is 1.96. The maximum atomic E-state index is 12.1. The number of amides is 1. The molecule has 0 aliphatic carbocycles. The summed E-state index contributed by atoms with van der Waals surface area (Å²) in [5, 5.41) is 3.73. The molecule has 1 aliphatic heterocycles. The molecule has 25 heavy (non-hydrogen) atoms. The highest BCUT2D eigenvalue weighted by Crippen LogP contribution is 2.28. The lowest BCUT2D eigenvalue weighted by molar-refractivity contribution is 0.0139. The molecule has 0 atom stereocenters. The van der Waals surface area contributed by atoms with Gasteiger partial charge in [0.05, 0.1) is 0 Å². The average molecular weight is 363 g/mol. The van der Waals surface area contributed by atoms with Gasteiger partial charge >= 0.3 is 6.09 Å². The Morgan fingerprint density at radius 1 is 1.32 bits per heavy atom. The largest absolute Gasteiger partial charge is 0.444 e. The maximum absolute atomic E-state index is 12.1. The van der Waals surface area contributed by atoms with E-state index in [-0.39, 0.29) is 6.09 Å². The molecule has 0 saturated carbocycles. The number of nitrogens with zero attached hydrogens (tertiary/aromatic N) is 5. The van der Waals surface area contributed by atoms with Crippen LogP contribution in [0.15, 0.2) is 22.1 Å². The van der Waals surface area contributed by atoms with Gasteiger partial charge in [0.1, 0.15) is 5.60 Å². The number of rotatable bonds is 3. The van der Waals surface area contributed by atoms with Crippen molar-refractivity contribution >= 4 is 24.4 Å². The highest BCUT2D eigenvalue weighted by Gasteiger charge is 2.25. The molecule has 1 heterocycles. The fourth-order valence-electron chi connectivity index (χ4n) is 2.66. The summed E-state index contributed by atoms with van der Waals surface area (Å²) in [7, 11) is 0. The van der Waals surface area contributed by atoms with E-state index in [4.69, 9.17) is 10.3 Å². The fourth-order valence-corrected chi connectivity index (χ4v) is 2.94. The smallest absolute Gasteiger partial charge is 0.410 e. The van der Waals surface area contributed by atoms with Crippen molar-refractivity contribution < 1.29 is 9.53 Å². The summed E-state index contributed by atoms with van der Waals surface area (Å²) < 4.78 is 5.41. The van der Waals surface area contributed by atoms with Gasteiger partial charge in [-0.05, 0) is 56.5 Å². The van der Waals surface area contributed by atoms with E-state index >= 15 is 0 Å². The van der Waals surface area contributed by atoms with Gasteiger partial charge in [-0.25, -0.2) is 4.79 Å². The SMILES string of the molecule is Cc1c(S)cc(CN2CCN(C(=O)OC(C)(C)C)CC2)cc1N=[N+]=[N-]. The number of ether oxygens (including phenoxy) is 1. The van der Waals surface area contributed by atoms with Crippen molar-refractivity contribution in [2.75, 3.05) is 26.2 Å². The van der Waals surface area contributed by atoms with Gasteiger partial charge in [0, 0.05) is 48.2 Å². The van der Waals surface area contributed by atoms with Crippen LogP contribution in [0.5, 0.6) is 0 Å². The first-order chi connectivity index (χ1) is 11.7. The Bertz CT molecular complexity index is 687. The molecule has 8 heteroatoms. The lowest BCUT2D eigenvalue weighted by atomic mass is 10.1. The highest BCUT2D eigenvalue weighted by atomic mass is 32.1. The zero-order valence-corrected chi connectivity index (χ0v) is 16.1. The van der Waals surface area contributed by atoms with E-state index in [0.717, 1.165) is 35.7 Å². The van der Waals surface area contributed by atoms with Crippen LogP contribution in [0.4, 0.5) is 10.5 Å². The van der Waals surface area contributed by atoms with Gasteiger partial charge in [0.25, 0.3) is 0 Å². The number of azide groups is 1. The van der Waals surface area contributed by atoms with Crippen molar-refractivity contribution in [1.29, 1.82) is 0 Å². The number of hydrogen-bond acceptors (Lipinski definition) is 5. The third-order valence-corrected chi connectivity index (χ3v) is 4.46. The van der Waals surface area contributed by atoms with Crippen LogP contribution in [0, 0.1) is 6.92 Å². The van der Waals surface area contributed by atoms with Crippen molar-refractivity contribution in [3.05, 3.63) is 33.7 Å². The van der Waals surface area contributed by atoms with Gasteiger partial charge in [-0.15, -0.1) is 12.6 Å². The molecule has 1 aromatic rings. The number of carbonyl (C=O) groups is 1. The maximum Gasteiger partial charge on any atom is 0.410 e. The van der Waals surface area contributed by atoms with Gasteiger partial charge in [-0.2, -0.15) is 0 Å². The Labute approximate surface area is 154 Å². The Morgan fingerprint density at radius 2 is 1.96 bits per heavy atom. The van der Waals surface area contributed by atoms with E-state index in [1.807, 2.05) is 39.8 Å². The molecular formula is C17H25N5O2S. The van der Waals surface area contributed by atoms with Crippen molar-refractivity contribution in [1.82, 2.24) is 9.80 Å². The van der Waals surface area contributed by atoms with Crippen molar-refractivity contribution in [3.63, 3.8) is 0 Å². The summed E-state index contributed by atoms with van der Waals surface area (Å²) >= 11 is 4.46. The Morgan fingerprint density at radius 3 is 2.52 bits per heavy atom. The minimum atomic E-state index is -0.475. The molecule has 0 spiro atoms. The Kier molecular flexibility index (Phi) is 6.21. The minimum Gasteiger partial charge on any atom is -0.444 e. The van der Waals surface area contributed by atoms with Gasteiger partial charge in [0.2, 0.25) is 0 Å². The molecule has 1 saturated heterocycles. The quantitative estimate of drug-likeness (QED) is 0.377. The molecule has 7 nitrogen and oxygen atoms in total. The molecule has 0 radical (unpaired) electrons. The molecule has 1 aromatic carbocycles. The van der Waals surface area contributed by atoms with Crippen LogP contribution in [0.3, 0.4) is 0 Å². The van der Waals surface area contributed by atoms with Gasteiger partial charge in [-0.1, -0.05) is 5.11 Å². The van der Waals surface area contributed by atoms with Gasteiger partial charge in [0.15, 0.2) is 0 Å². The summed E-state index contributed by atoms with van der Waals surface area (Å²) in [5.41, 5.74) is 10.7. The van der Waals surface area contributed by atoms with E-state index < -0.39 is 5.60 Å². The summed E-state index contributed by atoms with van der Waals surface area (Å²) in [4.78, 5) is 19.8. The first kappa shape index (κ1) is 19.4. The van der Waals surface area contributed by atoms with Crippen LogP contribution >= 0.6 is 12.6 Å². The zero-order valence-electron chi connectivity index (χ0n) is 15.2. The third kappa shape index (κ3) is 5.56. The predicted molar refractivity (Wildman–Crippen MR) is 100 cm³/mol. The average Bonchev–Trinajstić information content (AvgIpc) is 2.51. The molecule has 1 aliphatic rings. The van der Waals surface area contributed by atoms with E-state index in [9.17, 15) is 4.79 Å². The topological polar surface area (TPSA) is 81.5 Å². The van der Waals surface area contributed by atoms with Crippen LogP contribution < -0.4 is 0 Å². The molecule has 1 amide bonds. The second-order valence-corrected chi connectivity index (χ2v) is 7.67. The first-order valence-electron chi connectivity index (χ1n) is 8.27. The van der Waals surface area contributed by atoms with Crippen LogP contribution in [-0.2, 0) is 11.3 Å². The number of piperazine rings is 1. The standard InChI is InChI=1S/C17H25N5O2S/c1-12-14(19-20-18)9-13(10-15(12)25)11-21-5-7-22(8-6-21)16(23)24-17(2,3)4/h9-10,25H,5-8,11H2,1-4H3. The van der Waals surface area contributed by atoms with E-state index in [1.165, 1.54) is 0 Å². The number of hydrogen-bond donors (Lipinski definition) is 1. The van der Waals surface area contributed by atoms with E-state index in [2.05, 4.69) is 27.6 Å². The third-order valence-electron chi connectivity index (χ3n) is 4.00. The van der Waals surface area contributed by atoms with Crippen LogP contribution in [-0.4, -0.2) is 47.7 Å². The van der Waals surface area contributed by atoms with Crippen molar-refractivity contribution in [2.45, 2.75) is 44.7 Å². The summed E-state index contributed by atoms with van der Waals surface area (Å²) in [5.74, 6) is 0. The van der Waals surface area contributed by atoms with Crippen LogP contribution in [0.2, 0.25) is 0 Å². The van der Waals surface area contributed by atoms with E-state index in [0.29, 0.717) is 18.8 Å². The molecule has 2 rings (SSSR count). The van der Waals surface area contributed by atoms with E-state index in [1.54, 1.807) is 4.90 Å². The van der Waals surface area contributed by atoms with Crippen LogP contribution in [0.1, 0.15) is 31.9 Å². The van der Waals surface area contributed by atoms with Gasteiger partial charge in [-0.3, -0.25) is 4.90 Å².